The van der Waals surface area contributed by atoms with Gasteiger partial charge in [0.15, 0.2) is 17.4 Å². The number of nitrogens with one attached hydrogen (secondary N) is 1. The lowest BCUT2D eigenvalue weighted by molar-refractivity contribution is -0.274. The van der Waals surface area contributed by atoms with E-state index in [1.165, 1.54) is 23.1 Å². The number of alkyl halides is 3. The molecule has 0 saturated carbocycles. The summed E-state index contributed by atoms with van der Waals surface area (Å²) in [6.45, 7) is 2.82. The molecule has 0 spiro atoms. The van der Waals surface area contributed by atoms with Crippen molar-refractivity contribution in [2.24, 2.45) is 0 Å². The number of sulfonamides is 1. The minimum Gasteiger partial charge on any atom is -0.404 e. The highest BCUT2D eigenvalue weighted by Gasteiger charge is 2.33. The predicted molar refractivity (Wildman–Crippen MR) is 118 cm³/mol. The van der Waals surface area contributed by atoms with Crippen LogP contribution in [0.15, 0.2) is 36.4 Å². The molecule has 0 aliphatic carbocycles. The van der Waals surface area contributed by atoms with Crippen LogP contribution in [0.5, 0.6) is 5.75 Å². The number of amides is 1. The first kappa shape index (κ1) is 26.7. The van der Waals surface area contributed by atoms with Crippen LogP contribution in [0.25, 0.3) is 0 Å². The van der Waals surface area contributed by atoms with Crippen molar-refractivity contribution in [3.8, 4) is 5.75 Å². The summed E-state index contributed by atoms with van der Waals surface area (Å²) in [5.41, 5.74) is -0.374. The smallest absolute Gasteiger partial charge is 0.404 e. The van der Waals surface area contributed by atoms with Gasteiger partial charge in [0, 0.05) is 43.9 Å². The van der Waals surface area contributed by atoms with Crippen molar-refractivity contribution in [3.05, 3.63) is 59.2 Å². The van der Waals surface area contributed by atoms with Gasteiger partial charge >= 0.3 is 6.36 Å². The predicted octanol–water partition coefficient (Wildman–Crippen LogP) is 3.97. The Morgan fingerprint density at radius 1 is 1.09 bits per heavy atom. The second-order valence-corrected chi connectivity index (χ2v) is 9.80. The molecule has 2 aromatic carbocycles. The number of carbonyl (C=O) groups excluding carboxylic acids is 1. The number of piperazine rings is 1. The zero-order valence-electron chi connectivity index (χ0n) is 18.7. The van der Waals surface area contributed by atoms with E-state index in [4.69, 9.17) is 0 Å². The summed E-state index contributed by atoms with van der Waals surface area (Å²) < 4.78 is 96.1. The Morgan fingerprint density at radius 3 is 2.40 bits per heavy atom. The van der Waals surface area contributed by atoms with E-state index in [1.807, 2.05) is 4.90 Å². The summed E-state index contributed by atoms with van der Waals surface area (Å²) in [6, 6.07) is 6.99. The molecular weight excluding hydrogens is 497 g/mol. The first-order valence-corrected chi connectivity index (χ1v) is 12.4. The summed E-state index contributed by atoms with van der Waals surface area (Å²) in [5, 5.41) is 0. The van der Waals surface area contributed by atoms with Crippen LogP contribution in [0.4, 0.5) is 27.6 Å². The lowest BCUT2D eigenvalue weighted by Crippen LogP contribution is -2.48. The standard InChI is InChI=1S/C22H24F5N3O4S/c1-2-12-35(32,33)28-18-7-6-15(13-19(18)34-22(25,26)27)21(31)30-10-8-29(9-11-30)14-16-4-3-5-17(23)20(16)24/h3-7,13,28H,2,8-12,14H2,1H3. The van der Waals surface area contributed by atoms with Crippen molar-refractivity contribution in [2.75, 3.05) is 36.7 Å². The molecule has 0 unspecified atom stereocenters. The van der Waals surface area contributed by atoms with Gasteiger partial charge in [0.1, 0.15) is 0 Å². The van der Waals surface area contributed by atoms with E-state index in [1.54, 1.807) is 6.92 Å². The van der Waals surface area contributed by atoms with Crippen molar-refractivity contribution in [3.63, 3.8) is 0 Å². The minimum atomic E-state index is -5.11. The molecule has 0 bridgehead atoms. The third-order valence-corrected chi connectivity index (χ3v) is 6.75. The molecule has 0 radical (unpaired) electrons. The number of halogens is 5. The number of rotatable bonds is 8. The van der Waals surface area contributed by atoms with Crippen LogP contribution in [0.3, 0.4) is 0 Å². The van der Waals surface area contributed by atoms with Gasteiger partial charge in [-0.3, -0.25) is 14.4 Å². The molecule has 192 valence electrons. The first-order chi connectivity index (χ1) is 16.4. The van der Waals surface area contributed by atoms with Crippen molar-refractivity contribution in [2.45, 2.75) is 26.3 Å². The van der Waals surface area contributed by atoms with Crippen LogP contribution < -0.4 is 9.46 Å². The molecule has 1 saturated heterocycles. The fourth-order valence-electron chi connectivity index (χ4n) is 3.64. The molecule has 7 nitrogen and oxygen atoms in total. The van der Waals surface area contributed by atoms with Gasteiger partial charge in [-0.05, 0) is 30.7 Å². The molecule has 1 amide bonds. The highest BCUT2D eigenvalue weighted by molar-refractivity contribution is 7.92. The molecule has 1 aliphatic rings. The number of carbonyl (C=O) groups is 1. The van der Waals surface area contributed by atoms with Crippen LogP contribution in [-0.2, 0) is 16.6 Å². The van der Waals surface area contributed by atoms with Crippen LogP contribution in [0.2, 0.25) is 0 Å². The lowest BCUT2D eigenvalue weighted by Gasteiger charge is -2.35. The average molecular weight is 522 g/mol. The fraction of sp³-hybridized carbons (Fsp3) is 0.409. The van der Waals surface area contributed by atoms with Gasteiger partial charge in [-0.1, -0.05) is 19.1 Å². The van der Waals surface area contributed by atoms with Crippen molar-refractivity contribution in [1.29, 1.82) is 0 Å². The van der Waals surface area contributed by atoms with Crippen LogP contribution in [-0.4, -0.2) is 62.4 Å². The van der Waals surface area contributed by atoms with E-state index in [2.05, 4.69) is 9.46 Å². The second kappa shape index (κ2) is 10.8. The maximum absolute atomic E-state index is 13.9. The Hall–Kier alpha value is -2.93. The molecule has 13 heteroatoms. The Kier molecular flexibility index (Phi) is 8.21. The van der Waals surface area contributed by atoms with E-state index >= 15 is 0 Å². The van der Waals surface area contributed by atoms with Crippen molar-refractivity contribution < 1.29 is 39.9 Å². The third-order valence-electron chi connectivity index (χ3n) is 5.28. The lowest BCUT2D eigenvalue weighted by atomic mass is 10.1. The van der Waals surface area contributed by atoms with Gasteiger partial charge in [-0.2, -0.15) is 0 Å². The van der Waals surface area contributed by atoms with Crippen LogP contribution in [0.1, 0.15) is 29.3 Å². The first-order valence-electron chi connectivity index (χ1n) is 10.7. The zero-order valence-corrected chi connectivity index (χ0v) is 19.6. The van der Waals surface area contributed by atoms with Gasteiger partial charge in [0.2, 0.25) is 10.0 Å². The Morgan fingerprint density at radius 2 is 1.77 bits per heavy atom. The summed E-state index contributed by atoms with van der Waals surface area (Å²) in [7, 11) is -3.90. The van der Waals surface area contributed by atoms with Gasteiger partial charge in [0.25, 0.3) is 5.91 Å². The van der Waals surface area contributed by atoms with Crippen molar-refractivity contribution >= 4 is 21.6 Å². The van der Waals surface area contributed by atoms with E-state index in [0.717, 1.165) is 18.2 Å². The molecule has 1 heterocycles. The molecular formula is C22H24F5N3O4S. The molecule has 1 fully saturated rings. The molecule has 1 N–H and O–H groups in total. The maximum Gasteiger partial charge on any atom is 0.573 e. The third kappa shape index (κ3) is 7.28. The average Bonchev–Trinajstić information content (AvgIpc) is 2.77. The largest absolute Gasteiger partial charge is 0.573 e. The van der Waals surface area contributed by atoms with Crippen molar-refractivity contribution in [1.82, 2.24) is 9.80 Å². The SMILES string of the molecule is CCCS(=O)(=O)Nc1ccc(C(=O)N2CCN(Cc3cccc(F)c3F)CC2)cc1OC(F)(F)F. The van der Waals surface area contributed by atoms with E-state index < -0.39 is 45.4 Å². The highest BCUT2D eigenvalue weighted by atomic mass is 32.2. The molecule has 0 aromatic heterocycles. The number of hydrogen-bond acceptors (Lipinski definition) is 5. The van der Waals surface area contributed by atoms with E-state index in [-0.39, 0.29) is 42.9 Å². The fourth-order valence-corrected chi connectivity index (χ4v) is 4.78. The zero-order chi connectivity index (χ0) is 25.8. The molecule has 3 rings (SSSR count). The number of benzene rings is 2. The van der Waals surface area contributed by atoms with E-state index in [0.29, 0.717) is 13.1 Å². The Balaban J connectivity index is 1.72. The molecule has 0 atom stereocenters. The number of ether oxygens (including phenoxy) is 1. The summed E-state index contributed by atoms with van der Waals surface area (Å²) in [5.74, 6) is -3.60. The number of hydrogen-bond donors (Lipinski definition) is 1. The monoisotopic (exact) mass is 521 g/mol. The van der Waals surface area contributed by atoms with Crippen LogP contribution in [0, 0.1) is 11.6 Å². The Bertz CT molecular complexity index is 1170. The second-order valence-electron chi connectivity index (χ2n) is 7.96. The molecule has 1 aliphatic heterocycles. The Labute approximate surface area is 199 Å². The number of nitrogens with zero attached hydrogens (tertiary/aromatic N) is 2. The van der Waals surface area contributed by atoms with Gasteiger partial charge in [-0.25, -0.2) is 17.2 Å². The van der Waals surface area contributed by atoms with Gasteiger partial charge in [-0.15, -0.1) is 13.2 Å². The summed E-state index contributed by atoms with van der Waals surface area (Å²) in [4.78, 5) is 16.1. The van der Waals surface area contributed by atoms with Crippen LogP contribution >= 0.6 is 0 Å². The number of anilines is 1. The maximum atomic E-state index is 13.9. The summed E-state index contributed by atoms with van der Waals surface area (Å²) in [6.07, 6.45) is -4.86. The minimum absolute atomic E-state index is 0.118. The molecule has 35 heavy (non-hydrogen) atoms. The van der Waals surface area contributed by atoms with Gasteiger partial charge in [0.05, 0.1) is 11.4 Å². The topological polar surface area (TPSA) is 79.0 Å². The molecule has 2 aromatic rings. The summed E-state index contributed by atoms with van der Waals surface area (Å²) >= 11 is 0. The van der Waals surface area contributed by atoms with Gasteiger partial charge < -0.3 is 9.64 Å². The quantitative estimate of drug-likeness (QED) is 0.532. The van der Waals surface area contributed by atoms with E-state index in [9.17, 15) is 35.2 Å². The normalized spacial score (nSPS) is 15.2. The highest BCUT2D eigenvalue weighted by Crippen LogP contribution is 2.32.